The molecule has 6 nitrogen and oxygen atoms in total. The van der Waals surface area contributed by atoms with Crippen LogP contribution in [0.3, 0.4) is 0 Å². The third kappa shape index (κ3) is 2.32. The second-order valence-corrected chi connectivity index (χ2v) is 5.98. The van der Waals surface area contributed by atoms with E-state index >= 15 is 0 Å². The van der Waals surface area contributed by atoms with Crippen molar-refractivity contribution in [1.29, 1.82) is 0 Å². The van der Waals surface area contributed by atoms with Crippen LogP contribution in [-0.4, -0.2) is 30.1 Å². The van der Waals surface area contributed by atoms with Gasteiger partial charge < -0.3 is 9.67 Å². The molecule has 0 fully saturated rings. The number of hydrogen-bond donors (Lipinski definition) is 1. The lowest BCUT2D eigenvalue weighted by Gasteiger charge is -2.15. The van der Waals surface area contributed by atoms with Gasteiger partial charge in [-0.05, 0) is 12.1 Å². The summed E-state index contributed by atoms with van der Waals surface area (Å²) in [5.74, 6) is 0. The molecule has 0 aliphatic carbocycles. The van der Waals surface area contributed by atoms with Crippen molar-refractivity contribution >= 4 is 21.8 Å². The molecule has 0 saturated heterocycles. The number of aromatic nitrogens is 4. The van der Waals surface area contributed by atoms with Crippen molar-refractivity contribution in [3.05, 3.63) is 65.3 Å². The Kier molecular flexibility index (Phi) is 3.46. The van der Waals surface area contributed by atoms with Crippen LogP contribution in [0, 0.1) is 0 Å². The molecule has 1 N–H and O–H groups in total. The van der Waals surface area contributed by atoms with Gasteiger partial charge in [0.1, 0.15) is 6.33 Å². The van der Waals surface area contributed by atoms with Crippen LogP contribution in [0.2, 0.25) is 0 Å². The molecule has 0 bridgehead atoms. The summed E-state index contributed by atoms with van der Waals surface area (Å²) in [5.41, 5.74) is 1.81. The van der Waals surface area contributed by atoms with Crippen LogP contribution in [0.15, 0.2) is 59.7 Å². The average molecular weight is 322 g/mol. The highest BCUT2D eigenvalue weighted by atomic mass is 16.3. The Morgan fingerprint density at radius 2 is 1.58 bits per heavy atom. The minimum absolute atomic E-state index is 0.205. The van der Waals surface area contributed by atoms with E-state index < -0.39 is 6.10 Å². The maximum absolute atomic E-state index is 11.7. The molecule has 0 spiro atoms. The first kappa shape index (κ1) is 14.7. The second kappa shape index (κ2) is 5.65. The van der Waals surface area contributed by atoms with E-state index in [1.54, 1.807) is 11.7 Å². The van der Waals surface area contributed by atoms with Gasteiger partial charge >= 0.3 is 5.69 Å². The number of para-hydroxylation sites is 2. The quantitative estimate of drug-likeness (QED) is 0.622. The van der Waals surface area contributed by atoms with Crippen LogP contribution < -0.4 is 5.69 Å². The van der Waals surface area contributed by atoms with E-state index in [2.05, 4.69) is 33.8 Å². The smallest absolute Gasteiger partial charge is 0.363 e. The summed E-state index contributed by atoms with van der Waals surface area (Å²) < 4.78 is 5.13. The molecule has 2 heterocycles. The number of nitrogens with zero attached hydrogens (tertiary/aromatic N) is 4. The third-order valence-corrected chi connectivity index (χ3v) is 4.39. The fourth-order valence-electron chi connectivity index (χ4n) is 3.27. The first-order chi connectivity index (χ1) is 11.6. The lowest BCUT2D eigenvalue weighted by molar-refractivity contribution is 0.126. The molecular weight excluding hydrogens is 304 g/mol. The van der Waals surface area contributed by atoms with Gasteiger partial charge in [0.05, 0.1) is 19.2 Å². The topological polar surface area (TPSA) is 65.0 Å². The van der Waals surface area contributed by atoms with Crippen LogP contribution in [0.25, 0.3) is 21.8 Å². The molecule has 0 amide bonds. The van der Waals surface area contributed by atoms with Crippen molar-refractivity contribution in [1.82, 2.24) is 18.9 Å². The number of fused-ring (bicyclic) bond motifs is 3. The molecule has 0 radical (unpaired) electrons. The first-order valence-electron chi connectivity index (χ1n) is 7.87. The summed E-state index contributed by atoms with van der Waals surface area (Å²) in [5, 5.41) is 12.9. The minimum atomic E-state index is -0.697. The van der Waals surface area contributed by atoms with Crippen molar-refractivity contribution in [3.63, 3.8) is 0 Å². The number of benzene rings is 2. The van der Waals surface area contributed by atoms with Gasteiger partial charge in [0.25, 0.3) is 0 Å². The Bertz CT molecular complexity index is 1020. The number of rotatable bonds is 4. The maximum Gasteiger partial charge on any atom is 0.363 e. The van der Waals surface area contributed by atoms with Crippen molar-refractivity contribution < 1.29 is 5.11 Å². The van der Waals surface area contributed by atoms with Crippen LogP contribution >= 0.6 is 0 Å². The summed E-state index contributed by atoms with van der Waals surface area (Å²) >= 11 is 0. The zero-order valence-corrected chi connectivity index (χ0v) is 13.3. The zero-order chi connectivity index (χ0) is 16.7. The number of aryl methyl sites for hydroxylation is 1. The van der Waals surface area contributed by atoms with E-state index in [0.717, 1.165) is 21.8 Å². The van der Waals surface area contributed by atoms with Gasteiger partial charge in [-0.1, -0.05) is 36.4 Å². The lowest BCUT2D eigenvalue weighted by atomic mass is 10.2. The normalized spacial score (nSPS) is 12.9. The minimum Gasteiger partial charge on any atom is -0.389 e. The highest BCUT2D eigenvalue weighted by molar-refractivity contribution is 6.07. The standard InChI is InChI=1S/C18H18N4O2/c1-20-12-19-18(24)22(20)11-13(23)10-21-16-8-4-2-6-14(16)15-7-3-5-9-17(15)21/h2-9,12-13,23H,10-11H2,1H3. The monoisotopic (exact) mass is 322 g/mol. The molecule has 2 aromatic heterocycles. The van der Waals surface area contributed by atoms with Gasteiger partial charge in [0.15, 0.2) is 0 Å². The zero-order valence-electron chi connectivity index (χ0n) is 13.3. The van der Waals surface area contributed by atoms with Gasteiger partial charge in [0.2, 0.25) is 0 Å². The molecule has 1 atom stereocenters. The predicted molar refractivity (Wildman–Crippen MR) is 92.9 cm³/mol. The summed E-state index contributed by atoms with van der Waals surface area (Å²) in [6.45, 7) is 0.613. The second-order valence-electron chi connectivity index (χ2n) is 5.98. The molecule has 0 aliphatic heterocycles. The molecule has 0 saturated carbocycles. The molecule has 4 rings (SSSR count). The highest BCUT2D eigenvalue weighted by Gasteiger charge is 2.15. The Morgan fingerprint density at radius 1 is 1.00 bits per heavy atom. The Labute approximate surface area is 138 Å². The Balaban J connectivity index is 1.74. The molecule has 1 unspecified atom stereocenters. The van der Waals surface area contributed by atoms with Crippen molar-refractivity contribution in [2.24, 2.45) is 7.05 Å². The van der Waals surface area contributed by atoms with Crippen molar-refractivity contribution in [3.8, 4) is 0 Å². The number of aliphatic hydroxyl groups excluding tert-OH is 1. The van der Waals surface area contributed by atoms with Crippen LogP contribution in [0.4, 0.5) is 0 Å². The number of aliphatic hydroxyl groups is 1. The van der Waals surface area contributed by atoms with E-state index in [0.29, 0.717) is 6.54 Å². The molecule has 24 heavy (non-hydrogen) atoms. The van der Waals surface area contributed by atoms with Crippen LogP contribution in [0.1, 0.15) is 0 Å². The van der Waals surface area contributed by atoms with Crippen molar-refractivity contribution in [2.45, 2.75) is 19.2 Å². The lowest BCUT2D eigenvalue weighted by Crippen LogP contribution is -2.31. The van der Waals surface area contributed by atoms with E-state index in [1.165, 1.54) is 11.0 Å². The van der Waals surface area contributed by atoms with Crippen LogP contribution in [-0.2, 0) is 20.1 Å². The first-order valence-corrected chi connectivity index (χ1v) is 7.87. The van der Waals surface area contributed by atoms with Gasteiger partial charge in [-0.15, -0.1) is 0 Å². The fraction of sp³-hybridized carbons (Fsp3) is 0.222. The Hall–Kier alpha value is -2.86. The van der Waals surface area contributed by atoms with Crippen LogP contribution in [0.5, 0.6) is 0 Å². The summed E-state index contributed by atoms with van der Waals surface area (Å²) in [6.07, 6.45) is 0.757. The van der Waals surface area contributed by atoms with E-state index in [1.807, 2.05) is 24.3 Å². The number of hydrogen-bond acceptors (Lipinski definition) is 3. The molecule has 0 aliphatic rings. The van der Waals surface area contributed by atoms with Gasteiger partial charge in [-0.3, -0.25) is 4.68 Å². The maximum atomic E-state index is 11.7. The highest BCUT2D eigenvalue weighted by Crippen LogP contribution is 2.28. The summed E-state index contributed by atoms with van der Waals surface area (Å²) in [4.78, 5) is 15.4. The van der Waals surface area contributed by atoms with Gasteiger partial charge in [-0.2, -0.15) is 4.98 Å². The average Bonchev–Trinajstić information content (AvgIpc) is 3.08. The van der Waals surface area contributed by atoms with Crippen molar-refractivity contribution in [2.75, 3.05) is 0 Å². The molecular formula is C18H18N4O2. The summed E-state index contributed by atoms with van der Waals surface area (Å²) in [7, 11) is 1.74. The summed E-state index contributed by atoms with van der Waals surface area (Å²) in [6, 6.07) is 16.3. The van der Waals surface area contributed by atoms with E-state index in [-0.39, 0.29) is 12.2 Å². The molecule has 122 valence electrons. The van der Waals surface area contributed by atoms with E-state index in [4.69, 9.17) is 0 Å². The van der Waals surface area contributed by atoms with E-state index in [9.17, 15) is 9.90 Å². The fourth-order valence-corrected chi connectivity index (χ4v) is 3.27. The van der Waals surface area contributed by atoms with Gasteiger partial charge in [-0.25, -0.2) is 9.48 Å². The molecule has 2 aromatic carbocycles. The SMILES string of the molecule is Cn1cnc(=O)n1CC(O)Cn1c2ccccc2c2ccccc21. The predicted octanol–water partition coefficient (Wildman–Crippen LogP) is 1.75. The van der Waals surface area contributed by atoms with Gasteiger partial charge in [0, 0.05) is 28.9 Å². The molecule has 4 aromatic rings. The largest absolute Gasteiger partial charge is 0.389 e. The molecule has 6 heteroatoms. The third-order valence-electron chi connectivity index (χ3n) is 4.39. The Morgan fingerprint density at radius 3 is 2.12 bits per heavy atom.